The third-order valence-electron chi connectivity index (χ3n) is 1.43. The Morgan fingerprint density at radius 3 is 2.54 bits per heavy atom. The number of hydrogen-bond acceptors (Lipinski definition) is 0. The zero-order valence-corrected chi connectivity index (χ0v) is 9.76. The van der Waals surface area contributed by atoms with Crippen LogP contribution in [0.4, 0.5) is 8.78 Å². The summed E-state index contributed by atoms with van der Waals surface area (Å²) in [4.78, 5) is -3.11. The summed E-state index contributed by atoms with van der Waals surface area (Å²) in [6, 6.07) is 0. The number of alkyl halides is 4. The van der Waals surface area contributed by atoms with Gasteiger partial charge in [-0.2, -0.15) is 8.78 Å². The molecular formula is C9H12BrClF2. The van der Waals surface area contributed by atoms with Gasteiger partial charge in [0.1, 0.15) is 0 Å². The van der Waals surface area contributed by atoms with Gasteiger partial charge in [0.2, 0.25) is 0 Å². The highest BCUT2D eigenvalue weighted by Gasteiger charge is 2.19. The molecule has 4 heteroatoms. The second-order valence-electron chi connectivity index (χ2n) is 2.73. The van der Waals surface area contributed by atoms with Crippen molar-refractivity contribution >= 4 is 27.5 Å². The lowest BCUT2D eigenvalue weighted by atomic mass is 10.1. The van der Waals surface area contributed by atoms with Gasteiger partial charge in [-0.05, 0) is 12.3 Å². The van der Waals surface area contributed by atoms with Gasteiger partial charge < -0.3 is 0 Å². The van der Waals surface area contributed by atoms with Crippen molar-refractivity contribution < 1.29 is 8.78 Å². The number of halogens is 4. The quantitative estimate of drug-likeness (QED) is 0.410. The molecule has 0 N–H and O–H groups in total. The van der Waals surface area contributed by atoms with E-state index in [1.165, 1.54) is 0 Å². The average molecular weight is 274 g/mol. The van der Waals surface area contributed by atoms with Gasteiger partial charge in [-0.3, -0.25) is 0 Å². The number of unbranched alkanes of at least 4 members (excludes halogenated alkanes) is 2. The zero-order chi connectivity index (χ0) is 10.3. The third-order valence-corrected chi connectivity index (χ3v) is 1.96. The Kier molecular flexibility index (Phi) is 6.71. The normalized spacial score (nSPS) is 13.3. The molecule has 0 fully saturated rings. The Morgan fingerprint density at radius 1 is 1.46 bits per heavy atom. The molecule has 0 aromatic rings. The van der Waals surface area contributed by atoms with Gasteiger partial charge in [0.05, 0.1) is 5.38 Å². The van der Waals surface area contributed by atoms with Crippen LogP contribution in [-0.2, 0) is 0 Å². The first-order chi connectivity index (χ1) is 5.95. The lowest BCUT2D eigenvalue weighted by Crippen LogP contribution is -2.01. The molecule has 0 aliphatic rings. The maximum Gasteiger partial charge on any atom is 0.363 e. The van der Waals surface area contributed by atoms with E-state index < -0.39 is 10.2 Å². The largest absolute Gasteiger partial charge is 0.363 e. The van der Waals surface area contributed by atoms with E-state index in [1.54, 1.807) is 5.92 Å². The summed E-state index contributed by atoms with van der Waals surface area (Å²) in [7, 11) is 0. The third kappa shape index (κ3) is 10.1. The van der Waals surface area contributed by atoms with Gasteiger partial charge in [-0.15, -0.1) is 11.6 Å². The fourth-order valence-electron chi connectivity index (χ4n) is 0.806. The second-order valence-corrected chi connectivity index (χ2v) is 4.25. The van der Waals surface area contributed by atoms with Crippen molar-refractivity contribution in [2.45, 2.75) is 42.8 Å². The molecule has 0 saturated heterocycles. The zero-order valence-electron chi connectivity index (χ0n) is 7.42. The predicted molar refractivity (Wildman–Crippen MR) is 55.4 cm³/mol. The van der Waals surface area contributed by atoms with Gasteiger partial charge in [-0.25, -0.2) is 0 Å². The molecule has 76 valence electrons. The van der Waals surface area contributed by atoms with Crippen molar-refractivity contribution in [2.24, 2.45) is 0 Å². The minimum absolute atomic E-state index is 0.463. The summed E-state index contributed by atoms with van der Waals surface area (Å²) in [6.07, 6.45) is 3.76. The van der Waals surface area contributed by atoms with Gasteiger partial charge >= 0.3 is 4.83 Å². The Morgan fingerprint density at radius 2 is 2.08 bits per heavy atom. The van der Waals surface area contributed by atoms with E-state index in [2.05, 4.69) is 28.8 Å². The lowest BCUT2D eigenvalue weighted by molar-refractivity contribution is 0.182. The minimum Gasteiger partial charge on any atom is -0.180 e. The Bertz CT molecular complexity index is 190. The van der Waals surface area contributed by atoms with Gasteiger partial charge in [0.25, 0.3) is 0 Å². The van der Waals surface area contributed by atoms with Gasteiger partial charge in [0, 0.05) is 15.9 Å². The molecule has 0 heterocycles. The van der Waals surface area contributed by atoms with Crippen molar-refractivity contribution in [1.82, 2.24) is 0 Å². The Labute approximate surface area is 91.2 Å². The Balaban J connectivity index is 3.71. The van der Waals surface area contributed by atoms with Crippen molar-refractivity contribution in [3.05, 3.63) is 0 Å². The maximum absolute atomic E-state index is 12.2. The van der Waals surface area contributed by atoms with E-state index in [1.807, 2.05) is 0 Å². The van der Waals surface area contributed by atoms with E-state index in [4.69, 9.17) is 11.6 Å². The first-order valence-corrected chi connectivity index (χ1v) is 5.42. The van der Waals surface area contributed by atoms with Crippen LogP contribution >= 0.6 is 27.5 Å². The van der Waals surface area contributed by atoms with E-state index in [0.29, 0.717) is 6.42 Å². The molecule has 0 saturated carbocycles. The van der Waals surface area contributed by atoms with Crippen LogP contribution in [-0.4, -0.2) is 10.2 Å². The van der Waals surface area contributed by atoms with Crippen LogP contribution in [0, 0.1) is 11.8 Å². The van der Waals surface area contributed by atoms with Crippen molar-refractivity contribution in [2.75, 3.05) is 0 Å². The van der Waals surface area contributed by atoms with Crippen LogP contribution in [0.25, 0.3) is 0 Å². The number of hydrogen-bond donors (Lipinski definition) is 0. The average Bonchev–Trinajstić information content (AvgIpc) is 2.00. The highest BCUT2D eigenvalue weighted by molar-refractivity contribution is 9.10. The molecule has 0 aromatic carbocycles. The van der Waals surface area contributed by atoms with Gasteiger partial charge in [-0.1, -0.05) is 32.1 Å². The van der Waals surface area contributed by atoms with E-state index >= 15 is 0 Å². The summed E-state index contributed by atoms with van der Waals surface area (Å²) in [5, 5.41) is -0.463. The first kappa shape index (κ1) is 13.2. The van der Waals surface area contributed by atoms with Crippen LogP contribution in [0.1, 0.15) is 32.6 Å². The van der Waals surface area contributed by atoms with E-state index in [0.717, 1.165) is 19.3 Å². The van der Waals surface area contributed by atoms with Crippen molar-refractivity contribution in [1.29, 1.82) is 0 Å². The molecule has 0 bridgehead atoms. The predicted octanol–water partition coefficient (Wildman–Crippen LogP) is 4.17. The van der Waals surface area contributed by atoms with Crippen molar-refractivity contribution in [3.8, 4) is 11.8 Å². The molecule has 1 unspecified atom stereocenters. The van der Waals surface area contributed by atoms with Crippen LogP contribution in [0.3, 0.4) is 0 Å². The van der Waals surface area contributed by atoms with Crippen LogP contribution in [0.15, 0.2) is 0 Å². The number of rotatable bonds is 4. The molecule has 0 rings (SSSR count). The SMILES string of the molecule is CCCCCC(Cl)C#CC(F)(F)Br. The van der Waals surface area contributed by atoms with Crippen LogP contribution in [0.2, 0.25) is 0 Å². The Hall–Kier alpha value is 0.190. The highest BCUT2D eigenvalue weighted by atomic mass is 79.9. The smallest absolute Gasteiger partial charge is 0.180 e. The highest BCUT2D eigenvalue weighted by Crippen LogP contribution is 2.20. The molecule has 1 atom stereocenters. The van der Waals surface area contributed by atoms with E-state index in [9.17, 15) is 8.78 Å². The van der Waals surface area contributed by atoms with Crippen LogP contribution < -0.4 is 0 Å². The molecule has 0 aliphatic heterocycles. The summed E-state index contributed by atoms with van der Waals surface area (Å²) in [5.41, 5.74) is 0. The second kappa shape index (κ2) is 6.62. The molecule has 13 heavy (non-hydrogen) atoms. The molecule has 0 radical (unpaired) electrons. The first-order valence-electron chi connectivity index (χ1n) is 4.19. The summed E-state index contributed by atoms with van der Waals surface area (Å²) >= 11 is 7.82. The fraction of sp³-hybridized carbons (Fsp3) is 0.778. The van der Waals surface area contributed by atoms with Crippen molar-refractivity contribution in [3.63, 3.8) is 0 Å². The van der Waals surface area contributed by atoms with Gasteiger partial charge in [0.15, 0.2) is 0 Å². The van der Waals surface area contributed by atoms with E-state index in [-0.39, 0.29) is 0 Å². The monoisotopic (exact) mass is 272 g/mol. The fourth-order valence-corrected chi connectivity index (χ4v) is 1.13. The molecule has 0 aromatic heterocycles. The molecule has 0 aliphatic carbocycles. The standard InChI is InChI=1S/C9H12BrClF2/c1-2-3-4-5-8(11)6-7-9(10,12)13/h8H,2-5H2,1H3. The molecule has 0 amide bonds. The topological polar surface area (TPSA) is 0 Å². The minimum atomic E-state index is -3.11. The molecule has 0 nitrogen and oxygen atoms in total. The van der Waals surface area contributed by atoms with Crippen LogP contribution in [0.5, 0.6) is 0 Å². The summed E-state index contributed by atoms with van der Waals surface area (Å²) in [6.45, 7) is 2.07. The molecule has 0 spiro atoms. The summed E-state index contributed by atoms with van der Waals surface area (Å²) in [5.74, 6) is 4.05. The summed E-state index contributed by atoms with van der Waals surface area (Å²) < 4.78 is 24.3. The molecular weight excluding hydrogens is 261 g/mol. The lowest BCUT2D eigenvalue weighted by Gasteiger charge is -2.01. The maximum atomic E-state index is 12.2.